The van der Waals surface area contributed by atoms with Crippen molar-refractivity contribution in [3.05, 3.63) is 29.3 Å². The predicted molar refractivity (Wildman–Crippen MR) is 65.5 cm³/mol. The van der Waals surface area contributed by atoms with Gasteiger partial charge in [0.2, 0.25) is 0 Å². The van der Waals surface area contributed by atoms with Crippen LogP contribution < -0.4 is 0 Å². The molecule has 0 amide bonds. The SMILES string of the molecule is CS(=O)(=O)c1ccc(C2CCCC2)cc1C#N. The quantitative estimate of drug-likeness (QED) is 0.809. The van der Waals surface area contributed by atoms with E-state index in [0.717, 1.165) is 24.7 Å². The Bertz CT molecular complexity index is 564. The maximum absolute atomic E-state index is 11.5. The van der Waals surface area contributed by atoms with E-state index in [2.05, 4.69) is 0 Å². The summed E-state index contributed by atoms with van der Waals surface area (Å²) in [5.74, 6) is 0.496. The second kappa shape index (κ2) is 4.50. The van der Waals surface area contributed by atoms with Crippen molar-refractivity contribution in [1.82, 2.24) is 0 Å². The van der Waals surface area contributed by atoms with Gasteiger partial charge in [-0.1, -0.05) is 18.9 Å². The molecule has 1 aromatic carbocycles. The molecule has 0 bridgehead atoms. The van der Waals surface area contributed by atoms with E-state index in [9.17, 15) is 8.42 Å². The summed E-state index contributed by atoms with van der Waals surface area (Å²) in [6.45, 7) is 0. The topological polar surface area (TPSA) is 57.9 Å². The van der Waals surface area contributed by atoms with Crippen molar-refractivity contribution in [2.24, 2.45) is 0 Å². The first-order valence-corrected chi connectivity index (χ1v) is 7.65. The van der Waals surface area contributed by atoms with Gasteiger partial charge in [0.05, 0.1) is 10.5 Å². The molecular weight excluding hydrogens is 234 g/mol. The molecule has 0 unspecified atom stereocenters. The van der Waals surface area contributed by atoms with Gasteiger partial charge in [0, 0.05) is 6.26 Å². The van der Waals surface area contributed by atoms with Crippen molar-refractivity contribution >= 4 is 9.84 Å². The van der Waals surface area contributed by atoms with Gasteiger partial charge >= 0.3 is 0 Å². The van der Waals surface area contributed by atoms with E-state index in [1.807, 2.05) is 12.1 Å². The van der Waals surface area contributed by atoms with Crippen LogP contribution in [0.2, 0.25) is 0 Å². The van der Waals surface area contributed by atoms with E-state index in [1.165, 1.54) is 12.8 Å². The molecule has 0 atom stereocenters. The second-order valence-electron chi connectivity index (χ2n) is 4.62. The number of sulfone groups is 1. The molecule has 1 aliphatic rings. The van der Waals surface area contributed by atoms with E-state index < -0.39 is 9.84 Å². The first-order valence-electron chi connectivity index (χ1n) is 5.76. The first kappa shape index (κ1) is 12.1. The summed E-state index contributed by atoms with van der Waals surface area (Å²) in [4.78, 5) is 0.141. The van der Waals surface area contributed by atoms with Gasteiger partial charge in [-0.3, -0.25) is 0 Å². The molecule has 4 heteroatoms. The normalized spacial score (nSPS) is 16.9. The molecule has 0 N–H and O–H groups in total. The van der Waals surface area contributed by atoms with Gasteiger partial charge in [0.25, 0.3) is 0 Å². The zero-order chi connectivity index (χ0) is 12.5. The second-order valence-corrected chi connectivity index (χ2v) is 6.61. The molecule has 0 spiro atoms. The summed E-state index contributed by atoms with van der Waals surface area (Å²) in [5, 5.41) is 9.03. The number of benzene rings is 1. The number of hydrogen-bond acceptors (Lipinski definition) is 3. The fourth-order valence-corrected chi connectivity index (χ4v) is 3.29. The van der Waals surface area contributed by atoms with Crippen molar-refractivity contribution in [1.29, 1.82) is 5.26 Å². The highest BCUT2D eigenvalue weighted by atomic mass is 32.2. The highest BCUT2D eigenvalue weighted by molar-refractivity contribution is 7.90. The van der Waals surface area contributed by atoms with Crippen LogP contribution in [0.15, 0.2) is 23.1 Å². The van der Waals surface area contributed by atoms with Crippen LogP contribution in [0.3, 0.4) is 0 Å². The lowest BCUT2D eigenvalue weighted by molar-refractivity contribution is 0.601. The highest BCUT2D eigenvalue weighted by Gasteiger charge is 2.20. The van der Waals surface area contributed by atoms with Crippen LogP contribution in [0.25, 0.3) is 0 Å². The van der Waals surface area contributed by atoms with Gasteiger partial charge in [-0.15, -0.1) is 0 Å². The Labute approximate surface area is 102 Å². The minimum absolute atomic E-state index is 0.141. The number of nitrogens with zero attached hydrogens (tertiary/aromatic N) is 1. The fraction of sp³-hybridized carbons (Fsp3) is 0.462. The Morgan fingerprint density at radius 2 is 1.94 bits per heavy atom. The Balaban J connectivity index is 2.45. The molecule has 17 heavy (non-hydrogen) atoms. The Hall–Kier alpha value is -1.34. The van der Waals surface area contributed by atoms with Crippen LogP contribution in [-0.2, 0) is 9.84 Å². The summed E-state index contributed by atoms with van der Waals surface area (Å²) < 4.78 is 23.0. The van der Waals surface area contributed by atoms with Crippen molar-refractivity contribution in [3.63, 3.8) is 0 Å². The molecule has 1 saturated carbocycles. The van der Waals surface area contributed by atoms with Crippen molar-refractivity contribution < 1.29 is 8.42 Å². The van der Waals surface area contributed by atoms with E-state index in [0.29, 0.717) is 5.92 Å². The summed E-state index contributed by atoms with van der Waals surface area (Å²) in [7, 11) is -3.31. The summed E-state index contributed by atoms with van der Waals surface area (Å²) in [6.07, 6.45) is 5.87. The van der Waals surface area contributed by atoms with Crippen molar-refractivity contribution in [2.75, 3.05) is 6.26 Å². The summed E-state index contributed by atoms with van der Waals surface area (Å²) >= 11 is 0. The Morgan fingerprint density at radius 3 is 2.47 bits per heavy atom. The molecule has 1 aromatic rings. The molecule has 0 heterocycles. The minimum Gasteiger partial charge on any atom is -0.224 e. The molecule has 1 fully saturated rings. The minimum atomic E-state index is -3.31. The third-order valence-corrected chi connectivity index (χ3v) is 4.51. The van der Waals surface area contributed by atoms with Gasteiger partial charge in [-0.25, -0.2) is 8.42 Å². The maximum atomic E-state index is 11.5. The molecule has 0 aromatic heterocycles. The van der Waals surface area contributed by atoms with Crippen LogP contribution in [0.1, 0.15) is 42.7 Å². The van der Waals surface area contributed by atoms with Crippen LogP contribution in [-0.4, -0.2) is 14.7 Å². The zero-order valence-corrected chi connectivity index (χ0v) is 10.6. The summed E-state index contributed by atoms with van der Waals surface area (Å²) in [5.41, 5.74) is 1.38. The Morgan fingerprint density at radius 1 is 1.29 bits per heavy atom. The first-order chi connectivity index (χ1) is 8.02. The van der Waals surface area contributed by atoms with E-state index in [-0.39, 0.29) is 10.5 Å². The van der Waals surface area contributed by atoms with Crippen LogP contribution >= 0.6 is 0 Å². The molecule has 1 aliphatic carbocycles. The predicted octanol–water partition coefficient (Wildman–Crippen LogP) is 2.62. The van der Waals surface area contributed by atoms with Crippen molar-refractivity contribution in [2.45, 2.75) is 36.5 Å². The standard InChI is InChI=1S/C13H15NO2S/c1-17(15,16)13-7-6-11(8-12(13)9-14)10-4-2-3-5-10/h6-8,10H,2-5H2,1H3. The van der Waals surface area contributed by atoms with Gasteiger partial charge < -0.3 is 0 Å². The fourth-order valence-electron chi connectivity index (χ4n) is 2.47. The lowest BCUT2D eigenvalue weighted by Gasteiger charge is -2.11. The highest BCUT2D eigenvalue weighted by Crippen LogP contribution is 2.35. The van der Waals surface area contributed by atoms with Gasteiger partial charge in [0.1, 0.15) is 6.07 Å². The van der Waals surface area contributed by atoms with Crippen LogP contribution in [0, 0.1) is 11.3 Å². The molecular formula is C13H15NO2S. The molecule has 3 nitrogen and oxygen atoms in total. The molecule has 90 valence electrons. The maximum Gasteiger partial charge on any atom is 0.176 e. The number of hydrogen-bond donors (Lipinski definition) is 0. The van der Waals surface area contributed by atoms with Crippen molar-refractivity contribution in [3.8, 4) is 6.07 Å². The van der Waals surface area contributed by atoms with Gasteiger partial charge in [-0.05, 0) is 36.5 Å². The van der Waals surface area contributed by atoms with Crippen LogP contribution in [0.4, 0.5) is 0 Å². The molecule has 0 saturated heterocycles. The average Bonchev–Trinajstić information content (AvgIpc) is 2.80. The third-order valence-electron chi connectivity index (χ3n) is 3.35. The van der Waals surface area contributed by atoms with Gasteiger partial charge in [-0.2, -0.15) is 5.26 Å². The summed E-state index contributed by atoms with van der Waals surface area (Å²) in [6, 6.07) is 7.15. The van der Waals surface area contributed by atoms with Crippen LogP contribution in [0.5, 0.6) is 0 Å². The molecule has 0 radical (unpaired) electrons. The average molecular weight is 249 g/mol. The lowest BCUT2D eigenvalue weighted by atomic mass is 9.96. The smallest absolute Gasteiger partial charge is 0.176 e. The largest absolute Gasteiger partial charge is 0.224 e. The van der Waals surface area contributed by atoms with E-state index in [1.54, 1.807) is 12.1 Å². The van der Waals surface area contributed by atoms with E-state index >= 15 is 0 Å². The molecule has 0 aliphatic heterocycles. The molecule has 2 rings (SSSR count). The van der Waals surface area contributed by atoms with E-state index in [4.69, 9.17) is 5.26 Å². The number of rotatable bonds is 2. The lowest BCUT2D eigenvalue weighted by Crippen LogP contribution is -2.02. The zero-order valence-electron chi connectivity index (χ0n) is 9.81. The Kier molecular flexibility index (Phi) is 3.21. The third kappa shape index (κ3) is 2.50. The monoisotopic (exact) mass is 249 g/mol. The number of nitriles is 1. The van der Waals surface area contributed by atoms with Gasteiger partial charge in [0.15, 0.2) is 9.84 Å².